The van der Waals surface area contributed by atoms with Crippen LogP contribution < -0.4 is 21.5 Å². The van der Waals surface area contributed by atoms with Crippen LogP contribution in [0.3, 0.4) is 0 Å². The van der Waals surface area contributed by atoms with Gasteiger partial charge in [-0.3, -0.25) is 4.79 Å². The van der Waals surface area contributed by atoms with Crippen LogP contribution in [0.25, 0.3) is 28.1 Å². The Balaban J connectivity index is 1.65. The first-order valence-corrected chi connectivity index (χ1v) is 12.5. The van der Waals surface area contributed by atoms with Crippen molar-refractivity contribution in [1.29, 1.82) is 0 Å². The van der Waals surface area contributed by atoms with Crippen LogP contribution in [0.4, 0.5) is 13.2 Å². The van der Waals surface area contributed by atoms with Crippen molar-refractivity contribution < 1.29 is 27.1 Å². The highest BCUT2D eigenvalue weighted by Gasteiger charge is 2.33. The van der Waals surface area contributed by atoms with E-state index in [0.717, 1.165) is 17.2 Å². The molecule has 204 valence electrons. The van der Waals surface area contributed by atoms with Gasteiger partial charge in [0.2, 0.25) is 5.89 Å². The molecule has 2 aromatic carbocycles. The number of thiol groups is 1. The number of benzene rings is 2. The standard InChI is InChI=1S/C27H26F3N5O3S/c1-2-11-37-20-9-7-18(17-8-10-22(27(28,29)30)34-23(17)20)26-35-24(21(12-31)38-26)25(36)33-13-15-3-5-16(6-4-15)19(32)14-39/h3-10,14,39H,2,11-13,31-32H2,1H3,(H,33,36)/b19-14-. The Kier molecular flexibility index (Phi) is 8.46. The highest BCUT2D eigenvalue weighted by molar-refractivity contribution is 7.83. The van der Waals surface area contributed by atoms with Crippen LogP contribution in [-0.2, 0) is 19.3 Å². The topological polar surface area (TPSA) is 129 Å². The SMILES string of the molecule is CCCOc1ccc(-c2nc(C(=O)NCc3ccc(/C(N)=C/S)cc3)c(CN)o2)c2ccc(C(F)(F)F)nc12. The number of halogens is 3. The Morgan fingerprint density at radius 1 is 1.13 bits per heavy atom. The van der Waals surface area contributed by atoms with Gasteiger partial charge >= 0.3 is 6.18 Å². The Hall–Kier alpha value is -4.03. The zero-order chi connectivity index (χ0) is 28.2. The van der Waals surface area contributed by atoms with Crippen LogP contribution in [0.15, 0.2) is 58.4 Å². The van der Waals surface area contributed by atoms with Gasteiger partial charge in [-0.2, -0.15) is 13.2 Å². The summed E-state index contributed by atoms with van der Waals surface area (Å²) in [7, 11) is 0. The summed E-state index contributed by atoms with van der Waals surface area (Å²) in [5.74, 6) is -0.173. The molecule has 0 saturated carbocycles. The van der Waals surface area contributed by atoms with Crippen molar-refractivity contribution in [2.75, 3.05) is 6.61 Å². The number of carbonyl (C=O) groups excluding carboxylic acids is 1. The lowest BCUT2D eigenvalue weighted by molar-refractivity contribution is -0.140. The number of amides is 1. The molecule has 2 heterocycles. The fourth-order valence-corrected chi connectivity index (χ4v) is 3.95. The Morgan fingerprint density at radius 3 is 2.51 bits per heavy atom. The van der Waals surface area contributed by atoms with Crippen LogP contribution in [0.1, 0.15) is 46.4 Å². The molecular weight excluding hydrogens is 531 g/mol. The first kappa shape index (κ1) is 28.0. The number of hydrogen-bond acceptors (Lipinski definition) is 8. The number of carbonyl (C=O) groups is 1. The number of nitrogens with one attached hydrogen (secondary N) is 1. The molecule has 0 unspecified atom stereocenters. The fourth-order valence-electron chi connectivity index (χ4n) is 3.80. The molecule has 0 spiro atoms. The maximum atomic E-state index is 13.4. The largest absolute Gasteiger partial charge is 0.491 e. The molecule has 0 aliphatic rings. The average molecular weight is 558 g/mol. The third-order valence-electron chi connectivity index (χ3n) is 5.78. The summed E-state index contributed by atoms with van der Waals surface area (Å²) >= 11 is 4.04. The van der Waals surface area contributed by atoms with E-state index in [1.807, 2.05) is 19.1 Å². The molecule has 4 rings (SSSR count). The maximum absolute atomic E-state index is 13.4. The van der Waals surface area contributed by atoms with Crippen molar-refractivity contribution in [3.8, 4) is 17.2 Å². The van der Waals surface area contributed by atoms with Gasteiger partial charge in [-0.05, 0) is 47.2 Å². The van der Waals surface area contributed by atoms with E-state index >= 15 is 0 Å². The van der Waals surface area contributed by atoms with Crippen molar-refractivity contribution in [3.63, 3.8) is 0 Å². The van der Waals surface area contributed by atoms with E-state index < -0.39 is 17.8 Å². The number of nitrogens with zero attached hydrogens (tertiary/aromatic N) is 2. The van der Waals surface area contributed by atoms with Crippen molar-refractivity contribution in [1.82, 2.24) is 15.3 Å². The van der Waals surface area contributed by atoms with Crippen molar-refractivity contribution in [2.24, 2.45) is 11.5 Å². The van der Waals surface area contributed by atoms with Crippen LogP contribution in [-0.4, -0.2) is 22.5 Å². The second-order valence-corrected chi connectivity index (χ2v) is 8.77. The predicted molar refractivity (Wildman–Crippen MR) is 145 cm³/mol. The minimum atomic E-state index is -4.64. The van der Waals surface area contributed by atoms with Gasteiger partial charge in [-0.25, -0.2) is 9.97 Å². The number of fused-ring (bicyclic) bond motifs is 1. The summed E-state index contributed by atoms with van der Waals surface area (Å²) < 4.78 is 51.6. The molecule has 0 bridgehead atoms. The second-order valence-electron chi connectivity index (χ2n) is 8.51. The number of aromatic nitrogens is 2. The summed E-state index contributed by atoms with van der Waals surface area (Å²) in [4.78, 5) is 21.1. The molecular formula is C27H26F3N5O3S. The van der Waals surface area contributed by atoms with Gasteiger partial charge in [-0.15, -0.1) is 12.6 Å². The number of oxazole rings is 1. The quantitative estimate of drug-likeness (QED) is 0.206. The van der Waals surface area contributed by atoms with E-state index in [2.05, 4.69) is 27.9 Å². The third kappa shape index (κ3) is 6.18. The monoisotopic (exact) mass is 557 g/mol. The first-order chi connectivity index (χ1) is 18.7. The van der Waals surface area contributed by atoms with E-state index in [1.165, 1.54) is 17.5 Å². The summed E-state index contributed by atoms with van der Waals surface area (Å²) in [5.41, 5.74) is 13.0. The zero-order valence-corrected chi connectivity index (χ0v) is 21.8. The van der Waals surface area contributed by atoms with Crippen molar-refractivity contribution in [2.45, 2.75) is 32.6 Å². The van der Waals surface area contributed by atoms with E-state index in [0.29, 0.717) is 29.7 Å². The van der Waals surface area contributed by atoms with Crippen LogP contribution >= 0.6 is 12.6 Å². The molecule has 1 amide bonds. The lowest BCUT2D eigenvalue weighted by atomic mass is 10.1. The van der Waals surface area contributed by atoms with Crippen LogP contribution in [0, 0.1) is 0 Å². The van der Waals surface area contributed by atoms with Gasteiger partial charge in [0.1, 0.15) is 17.0 Å². The van der Waals surface area contributed by atoms with Gasteiger partial charge in [0.25, 0.3) is 5.91 Å². The molecule has 0 aliphatic carbocycles. The molecule has 5 N–H and O–H groups in total. The minimum Gasteiger partial charge on any atom is -0.491 e. The van der Waals surface area contributed by atoms with Gasteiger partial charge in [0.15, 0.2) is 11.5 Å². The molecule has 0 aliphatic heterocycles. The first-order valence-electron chi connectivity index (χ1n) is 12.0. The molecule has 8 nitrogen and oxygen atoms in total. The molecule has 39 heavy (non-hydrogen) atoms. The van der Waals surface area contributed by atoms with Crippen molar-refractivity contribution >= 4 is 35.1 Å². The van der Waals surface area contributed by atoms with Crippen LogP contribution in [0.5, 0.6) is 5.75 Å². The Labute approximate surface area is 227 Å². The lowest BCUT2D eigenvalue weighted by Gasteiger charge is -2.12. The van der Waals surface area contributed by atoms with Gasteiger partial charge in [-0.1, -0.05) is 31.2 Å². The summed E-state index contributed by atoms with van der Waals surface area (Å²) in [6, 6.07) is 12.5. The summed E-state index contributed by atoms with van der Waals surface area (Å²) in [6.07, 6.45) is -3.98. The van der Waals surface area contributed by atoms with Gasteiger partial charge in [0.05, 0.1) is 13.2 Å². The molecule has 12 heteroatoms. The third-order valence-corrected chi connectivity index (χ3v) is 6.06. The van der Waals surface area contributed by atoms with E-state index in [4.69, 9.17) is 20.6 Å². The number of alkyl halides is 3. The fraction of sp³-hybridized carbons (Fsp3) is 0.222. The molecule has 0 radical (unpaired) electrons. The molecule has 4 aromatic rings. The van der Waals surface area contributed by atoms with Gasteiger partial charge < -0.3 is 25.9 Å². The highest BCUT2D eigenvalue weighted by Crippen LogP contribution is 2.37. The number of nitrogens with two attached hydrogens (primary N) is 2. The molecule has 0 atom stereocenters. The smallest absolute Gasteiger partial charge is 0.433 e. The maximum Gasteiger partial charge on any atom is 0.433 e. The lowest BCUT2D eigenvalue weighted by Crippen LogP contribution is -2.24. The average Bonchev–Trinajstić information content (AvgIpc) is 3.38. The summed E-state index contributed by atoms with van der Waals surface area (Å²) in [6.45, 7) is 2.26. The number of rotatable bonds is 9. The van der Waals surface area contributed by atoms with Gasteiger partial charge in [0, 0.05) is 23.2 Å². The molecule has 0 fully saturated rings. The highest BCUT2D eigenvalue weighted by atomic mass is 32.1. The zero-order valence-electron chi connectivity index (χ0n) is 20.9. The van der Waals surface area contributed by atoms with E-state index in [9.17, 15) is 18.0 Å². The number of ether oxygens (including phenoxy) is 1. The van der Waals surface area contributed by atoms with Crippen LogP contribution in [0.2, 0.25) is 0 Å². The van der Waals surface area contributed by atoms with Crippen molar-refractivity contribution in [3.05, 3.63) is 82.2 Å². The second kappa shape index (κ2) is 11.8. The normalized spacial score (nSPS) is 12.1. The summed E-state index contributed by atoms with van der Waals surface area (Å²) in [5, 5.41) is 4.59. The van der Waals surface area contributed by atoms with E-state index in [-0.39, 0.29) is 41.7 Å². The molecule has 0 saturated heterocycles. The Morgan fingerprint density at radius 2 is 1.87 bits per heavy atom. The number of hydrogen-bond donors (Lipinski definition) is 4. The number of pyridine rings is 1. The molecule has 2 aromatic heterocycles. The minimum absolute atomic E-state index is 0.00567. The Bertz CT molecular complexity index is 1520. The van der Waals surface area contributed by atoms with E-state index in [1.54, 1.807) is 18.2 Å². The predicted octanol–water partition coefficient (Wildman–Crippen LogP) is 5.27.